The number of aliphatic hydroxyl groups excluding tert-OH is 2. The Morgan fingerprint density at radius 3 is 2.62 bits per heavy atom. The molecule has 0 spiro atoms. The van der Waals surface area contributed by atoms with E-state index in [1.165, 1.54) is 18.4 Å². The van der Waals surface area contributed by atoms with Gasteiger partial charge in [-0.3, -0.25) is 0 Å². The van der Waals surface area contributed by atoms with Crippen LogP contribution >= 0.6 is 0 Å². The van der Waals surface area contributed by atoms with Gasteiger partial charge in [0.25, 0.3) is 0 Å². The fourth-order valence-corrected chi connectivity index (χ4v) is 6.30. The molecule has 0 amide bonds. The summed E-state index contributed by atoms with van der Waals surface area (Å²) in [6.45, 7) is 15.8. The topological polar surface area (TPSA) is 69.9 Å². The molecule has 0 aromatic heterocycles. The Hall–Kier alpha value is -1.20. The van der Waals surface area contributed by atoms with E-state index in [1.807, 2.05) is 13.8 Å². The molecule has 0 aromatic rings. The van der Waals surface area contributed by atoms with Gasteiger partial charge in [0, 0.05) is 6.42 Å². The van der Waals surface area contributed by atoms with Crippen LogP contribution in [-0.2, 0) is 4.74 Å². The predicted octanol–water partition coefficient (Wildman–Crippen LogP) is 5.25. The van der Waals surface area contributed by atoms with E-state index in [2.05, 4.69) is 32.2 Å². The molecule has 0 saturated heterocycles. The van der Waals surface area contributed by atoms with Crippen molar-refractivity contribution in [2.75, 3.05) is 13.2 Å². The summed E-state index contributed by atoms with van der Waals surface area (Å²) in [6, 6.07) is 0. The first-order valence-electron chi connectivity index (χ1n) is 12.6. The van der Waals surface area contributed by atoms with Gasteiger partial charge < -0.3 is 20.1 Å². The van der Waals surface area contributed by atoms with Gasteiger partial charge in [0.15, 0.2) is 0 Å². The monoisotopic (exact) mass is 444 g/mol. The van der Waals surface area contributed by atoms with Crippen molar-refractivity contribution in [3.63, 3.8) is 0 Å². The maximum Gasteiger partial charge on any atom is 0.0875 e. The Balaban J connectivity index is 1.68. The van der Waals surface area contributed by atoms with Crippen LogP contribution in [0.2, 0.25) is 0 Å². The SMILES string of the molecule is C=C(COCC(O)(CC)CC)[C@H]1CC[C@H]2C(=CC=C3C[C@@H](O)C[C@H](O)C3=C)CCC[C@]12C. The van der Waals surface area contributed by atoms with Crippen molar-refractivity contribution in [3.8, 4) is 0 Å². The first-order valence-corrected chi connectivity index (χ1v) is 12.6. The zero-order valence-corrected chi connectivity index (χ0v) is 20.4. The number of fused-ring (bicyclic) bond motifs is 1. The van der Waals surface area contributed by atoms with Crippen LogP contribution in [0.3, 0.4) is 0 Å². The lowest BCUT2D eigenvalue weighted by Gasteiger charge is -2.43. The highest BCUT2D eigenvalue weighted by atomic mass is 16.5. The molecule has 3 aliphatic carbocycles. The molecule has 5 atom stereocenters. The molecule has 3 fully saturated rings. The van der Waals surface area contributed by atoms with E-state index < -0.39 is 17.8 Å². The van der Waals surface area contributed by atoms with Crippen molar-refractivity contribution in [3.05, 3.63) is 47.6 Å². The molecule has 4 heteroatoms. The minimum Gasteiger partial charge on any atom is -0.393 e. The largest absolute Gasteiger partial charge is 0.393 e. The predicted molar refractivity (Wildman–Crippen MR) is 130 cm³/mol. The summed E-state index contributed by atoms with van der Waals surface area (Å²) in [4.78, 5) is 0. The summed E-state index contributed by atoms with van der Waals surface area (Å²) < 4.78 is 5.93. The maximum absolute atomic E-state index is 10.5. The molecule has 0 heterocycles. The van der Waals surface area contributed by atoms with Crippen molar-refractivity contribution in [1.29, 1.82) is 0 Å². The Morgan fingerprint density at radius 1 is 1.22 bits per heavy atom. The Morgan fingerprint density at radius 2 is 1.94 bits per heavy atom. The number of hydrogen-bond donors (Lipinski definition) is 3. The lowest BCUT2D eigenvalue weighted by atomic mass is 9.62. The molecular weight excluding hydrogens is 400 g/mol. The minimum atomic E-state index is -0.735. The van der Waals surface area contributed by atoms with Gasteiger partial charge in [-0.2, -0.15) is 0 Å². The smallest absolute Gasteiger partial charge is 0.0875 e. The molecule has 0 aliphatic heterocycles. The molecule has 3 N–H and O–H groups in total. The molecule has 4 nitrogen and oxygen atoms in total. The highest BCUT2D eigenvalue weighted by molar-refractivity contribution is 5.39. The van der Waals surface area contributed by atoms with Gasteiger partial charge in [-0.25, -0.2) is 0 Å². The van der Waals surface area contributed by atoms with Crippen LogP contribution in [0.15, 0.2) is 47.6 Å². The summed E-state index contributed by atoms with van der Waals surface area (Å²) in [5.74, 6) is 0.971. The second-order valence-corrected chi connectivity index (χ2v) is 10.7. The van der Waals surface area contributed by atoms with E-state index in [4.69, 9.17) is 4.74 Å². The normalized spacial score (nSPS) is 36.0. The van der Waals surface area contributed by atoms with E-state index >= 15 is 0 Å². The number of aliphatic hydroxyl groups is 3. The van der Waals surface area contributed by atoms with Crippen molar-refractivity contribution in [2.45, 2.75) is 96.4 Å². The zero-order valence-electron chi connectivity index (χ0n) is 20.4. The van der Waals surface area contributed by atoms with E-state index in [0.29, 0.717) is 50.7 Å². The number of allylic oxidation sites excluding steroid dienone is 3. The third kappa shape index (κ3) is 5.30. The molecule has 0 radical (unpaired) electrons. The van der Waals surface area contributed by atoms with Gasteiger partial charge in [-0.15, -0.1) is 0 Å². The molecule has 0 bridgehead atoms. The second kappa shape index (κ2) is 10.4. The molecule has 3 rings (SSSR count). The lowest BCUT2D eigenvalue weighted by molar-refractivity contribution is -0.0479. The van der Waals surface area contributed by atoms with Gasteiger partial charge in [0.1, 0.15) is 0 Å². The van der Waals surface area contributed by atoms with Crippen LogP contribution < -0.4 is 0 Å². The van der Waals surface area contributed by atoms with Gasteiger partial charge in [0.05, 0.1) is 31.0 Å². The maximum atomic E-state index is 10.5. The van der Waals surface area contributed by atoms with Crippen LogP contribution in [0.1, 0.15) is 78.6 Å². The molecule has 180 valence electrons. The van der Waals surface area contributed by atoms with Crippen LogP contribution in [0.4, 0.5) is 0 Å². The average Bonchev–Trinajstić information content (AvgIpc) is 3.12. The highest BCUT2D eigenvalue weighted by Gasteiger charge is 2.49. The summed E-state index contributed by atoms with van der Waals surface area (Å²) >= 11 is 0. The van der Waals surface area contributed by atoms with E-state index in [9.17, 15) is 15.3 Å². The van der Waals surface area contributed by atoms with Crippen LogP contribution in [0, 0.1) is 17.3 Å². The quantitative estimate of drug-likeness (QED) is 0.447. The van der Waals surface area contributed by atoms with Crippen molar-refractivity contribution in [1.82, 2.24) is 0 Å². The number of hydrogen-bond acceptors (Lipinski definition) is 4. The zero-order chi connectivity index (χ0) is 23.5. The molecular formula is C28H44O4. The van der Waals surface area contributed by atoms with Gasteiger partial charge >= 0.3 is 0 Å². The molecule has 3 aliphatic rings. The third-order valence-electron chi connectivity index (χ3n) is 8.70. The van der Waals surface area contributed by atoms with Crippen LogP contribution in [-0.4, -0.2) is 46.3 Å². The van der Waals surface area contributed by atoms with E-state index in [0.717, 1.165) is 36.0 Å². The summed E-state index contributed by atoms with van der Waals surface area (Å²) in [7, 11) is 0. The van der Waals surface area contributed by atoms with E-state index in [1.54, 1.807) is 0 Å². The lowest BCUT2D eigenvalue weighted by Crippen LogP contribution is -2.36. The van der Waals surface area contributed by atoms with Crippen LogP contribution in [0.25, 0.3) is 0 Å². The average molecular weight is 445 g/mol. The number of ether oxygens (including phenoxy) is 1. The molecule has 32 heavy (non-hydrogen) atoms. The number of rotatable bonds is 8. The van der Waals surface area contributed by atoms with Crippen molar-refractivity contribution in [2.24, 2.45) is 17.3 Å². The van der Waals surface area contributed by atoms with Crippen molar-refractivity contribution < 1.29 is 20.1 Å². The Bertz CT molecular complexity index is 759. The van der Waals surface area contributed by atoms with Crippen LogP contribution in [0.5, 0.6) is 0 Å². The molecule has 0 aromatic carbocycles. The van der Waals surface area contributed by atoms with Gasteiger partial charge in [-0.1, -0.05) is 51.7 Å². The van der Waals surface area contributed by atoms with E-state index in [-0.39, 0.29) is 5.41 Å². The Kier molecular flexibility index (Phi) is 8.25. The minimum absolute atomic E-state index is 0.192. The van der Waals surface area contributed by atoms with Crippen molar-refractivity contribution >= 4 is 0 Å². The Labute approximate surface area is 194 Å². The third-order valence-corrected chi connectivity index (χ3v) is 8.70. The fourth-order valence-electron chi connectivity index (χ4n) is 6.30. The van der Waals surface area contributed by atoms with Gasteiger partial charge in [-0.05, 0) is 85.3 Å². The summed E-state index contributed by atoms with van der Waals surface area (Å²) in [6.07, 6.45) is 11.3. The first-order chi connectivity index (χ1) is 15.1. The first kappa shape index (κ1) is 25.4. The summed E-state index contributed by atoms with van der Waals surface area (Å²) in [5.41, 5.74) is 3.83. The fraction of sp³-hybridized carbons (Fsp3) is 0.714. The second-order valence-electron chi connectivity index (χ2n) is 10.7. The summed E-state index contributed by atoms with van der Waals surface area (Å²) in [5, 5.41) is 30.7. The molecule has 3 saturated carbocycles. The highest BCUT2D eigenvalue weighted by Crippen LogP contribution is 2.59. The van der Waals surface area contributed by atoms with Gasteiger partial charge in [0.2, 0.25) is 0 Å². The standard InChI is InChI=1S/C28H44O4/c1-6-28(31,7-2)18-32-17-19(3)24-12-13-25-21(9-8-14-27(24,25)5)10-11-22-15-23(29)16-26(30)20(22)4/h10-11,23-26,29-31H,3-4,6-9,12-18H2,1-2,5H3/t23-,24-,25+,26+,27-/m1/s1. The molecule has 0 unspecified atom stereocenters.